The van der Waals surface area contributed by atoms with Crippen LogP contribution >= 0.6 is 0 Å². The lowest BCUT2D eigenvalue weighted by Crippen LogP contribution is -2.28. The third kappa shape index (κ3) is 2.55. The Balaban J connectivity index is 2.16. The van der Waals surface area contributed by atoms with E-state index in [9.17, 15) is 9.90 Å². The summed E-state index contributed by atoms with van der Waals surface area (Å²) >= 11 is 0. The lowest BCUT2D eigenvalue weighted by molar-refractivity contribution is -0.116. The Morgan fingerprint density at radius 3 is 2.82 bits per heavy atom. The van der Waals surface area contributed by atoms with Crippen LogP contribution in [0.1, 0.15) is 31.9 Å². The predicted molar refractivity (Wildman–Crippen MR) is 86.1 cm³/mol. The number of nitrogens with zero attached hydrogens (tertiary/aromatic N) is 2. The summed E-state index contributed by atoms with van der Waals surface area (Å²) in [4.78, 5) is 18.1. The molecule has 2 heterocycles. The predicted octanol–water partition coefficient (Wildman–Crippen LogP) is 2.92. The van der Waals surface area contributed by atoms with E-state index in [1.165, 1.54) is 0 Å². The first kappa shape index (κ1) is 14.5. The van der Waals surface area contributed by atoms with Crippen LogP contribution in [0.3, 0.4) is 0 Å². The van der Waals surface area contributed by atoms with Crippen LogP contribution in [-0.4, -0.2) is 16.0 Å². The Morgan fingerprint density at radius 2 is 2.14 bits per heavy atom. The summed E-state index contributed by atoms with van der Waals surface area (Å²) in [5.74, 6) is 0.705. The van der Waals surface area contributed by atoms with Gasteiger partial charge in [-0.2, -0.15) is 0 Å². The molecule has 0 saturated heterocycles. The highest BCUT2D eigenvalue weighted by atomic mass is 16.3. The number of rotatable bonds is 1. The second-order valence-corrected chi connectivity index (χ2v) is 6.03. The van der Waals surface area contributed by atoms with Crippen LogP contribution in [0.2, 0.25) is 0 Å². The maximum Gasteiger partial charge on any atom is 0.224 e. The molecule has 1 aliphatic rings. The molecule has 0 unspecified atom stereocenters. The first-order valence-corrected chi connectivity index (χ1v) is 7.22. The molecule has 0 saturated carbocycles. The fourth-order valence-corrected chi connectivity index (χ4v) is 2.58. The SMILES string of the molecule is CC(=O)N1Cc2cccnc2Nc2ccc(C(C)(C)O)cc21. The van der Waals surface area contributed by atoms with Crippen LogP contribution in [-0.2, 0) is 16.9 Å². The summed E-state index contributed by atoms with van der Waals surface area (Å²) in [6, 6.07) is 9.40. The Kier molecular flexibility index (Phi) is 3.37. The number of pyridine rings is 1. The molecule has 5 nitrogen and oxygen atoms in total. The monoisotopic (exact) mass is 297 g/mol. The van der Waals surface area contributed by atoms with E-state index in [0.29, 0.717) is 6.54 Å². The van der Waals surface area contributed by atoms with E-state index in [2.05, 4.69) is 10.3 Å². The van der Waals surface area contributed by atoms with Gasteiger partial charge in [0, 0.05) is 18.7 Å². The topological polar surface area (TPSA) is 65.5 Å². The summed E-state index contributed by atoms with van der Waals surface area (Å²) in [5, 5.41) is 13.5. The molecule has 22 heavy (non-hydrogen) atoms. The van der Waals surface area contributed by atoms with Gasteiger partial charge in [0.2, 0.25) is 5.91 Å². The minimum absolute atomic E-state index is 0.0485. The van der Waals surface area contributed by atoms with Crippen molar-refractivity contribution >= 4 is 23.1 Å². The minimum atomic E-state index is -0.963. The van der Waals surface area contributed by atoms with Gasteiger partial charge in [-0.1, -0.05) is 12.1 Å². The van der Waals surface area contributed by atoms with Crippen molar-refractivity contribution < 1.29 is 9.90 Å². The first-order valence-electron chi connectivity index (χ1n) is 7.22. The van der Waals surface area contributed by atoms with Gasteiger partial charge in [0.1, 0.15) is 5.82 Å². The van der Waals surface area contributed by atoms with Gasteiger partial charge in [0.25, 0.3) is 0 Å². The third-order valence-corrected chi connectivity index (χ3v) is 3.85. The Hall–Kier alpha value is -2.40. The van der Waals surface area contributed by atoms with Gasteiger partial charge in [-0.05, 0) is 37.6 Å². The second kappa shape index (κ2) is 5.10. The fourth-order valence-electron chi connectivity index (χ4n) is 2.58. The summed E-state index contributed by atoms with van der Waals surface area (Å²) < 4.78 is 0. The number of hydrogen-bond donors (Lipinski definition) is 2. The number of aromatic nitrogens is 1. The number of fused-ring (bicyclic) bond motifs is 2. The van der Waals surface area contributed by atoms with Crippen LogP contribution in [0.4, 0.5) is 17.2 Å². The van der Waals surface area contributed by atoms with Crippen LogP contribution in [0.15, 0.2) is 36.5 Å². The number of amides is 1. The zero-order valence-electron chi connectivity index (χ0n) is 12.9. The van der Waals surface area contributed by atoms with Crippen molar-refractivity contribution in [2.24, 2.45) is 0 Å². The van der Waals surface area contributed by atoms with Crippen LogP contribution in [0.5, 0.6) is 0 Å². The van der Waals surface area contributed by atoms with Gasteiger partial charge in [0.15, 0.2) is 0 Å². The molecule has 0 fully saturated rings. The molecule has 2 N–H and O–H groups in total. The molecule has 2 aromatic rings. The number of carbonyl (C=O) groups is 1. The van der Waals surface area contributed by atoms with Crippen LogP contribution in [0, 0.1) is 0 Å². The Labute approximate surface area is 129 Å². The average molecular weight is 297 g/mol. The van der Waals surface area contributed by atoms with Gasteiger partial charge >= 0.3 is 0 Å². The van der Waals surface area contributed by atoms with Gasteiger partial charge in [-0.15, -0.1) is 0 Å². The van der Waals surface area contributed by atoms with Gasteiger partial charge in [-0.25, -0.2) is 4.98 Å². The van der Waals surface area contributed by atoms with Crippen molar-refractivity contribution in [2.45, 2.75) is 32.9 Å². The Bertz CT molecular complexity index is 735. The van der Waals surface area contributed by atoms with Gasteiger partial charge < -0.3 is 15.3 Å². The number of anilines is 3. The molecule has 0 spiro atoms. The summed E-state index contributed by atoms with van der Waals surface area (Å²) in [7, 11) is 0. The van der Waals surface area contributed by atoms with Crippen LogP contribution in [0.25, 0.3) is 0 Å². The highest BCUT2D eigenvalue weighted by Gasteiger charge is 2.25. The molecular weight excluding hydrogens is 278 g/mol. The second-order valence-electron chi connectivity index (χ2n) is 6.03. The van der Waals surface area contributed by atoms with Crippen molar-refractivity contribution in [3.8, 4) is 0 Å². The molecule has 5 heteroatoms. The molecule has 0 bridgehead atoms. The van der Waals surface area contributed by atoms with E-state index < -0.39 is 5.60 Å². The zero-order chi connectivity index (χ0) is 15.9. The van der Waals surface area contributed by atoms with Crippen molar-refractivity contribution in [2.75, 3.05) is 10.2 Å². The van der Waals surface area contributed by atoms with E-state index in [1.807, 2.05) is 30.3 Å². The highest BCUT2D eigenvalue weighted by Crippen LogP contribution is 2.37. The van der Waals surface area contributed by atoms with Gasteiger partial charge in [-0.3, -0.25) is 4.79 Å². The Morgan fingerprint density at radius 1 is 1.36 bits per heavy atom. The van der Waals surface area contributed by atoms with Crippen molar-refractivity contribution in [3.63, 3.8) is 0 Å². The first-order chi connectivity index (χ1) is 10.4. The standard InChI is InChI=1S/C17H19N3O2/c1-11(21)20-10-12-5-4-8-18-16(12)19-14-7-6-13(9-15(14)20)17(2,3)22/h4-9,22H,10H2,1-3H3,(H,18,19). The molecule has 0 aliphatic carbocycles. The van der Waals surface area contributed by atoms with E-state index in [4.69, 9.17) is 0 Å². The molecule has 1 aromatic heterocycles. The maximum absolute atomic E-state index is 12.1. The summed E-state index contributed by atoms with van der Waals surface area (Å²) in [6.45, 7) is 5.45. The molecule has 0 radical (unpaired) electrons. The van der Waals surface area contributed by atoms with E-state index in [0.717, 1.165) is 28.3 Å². The highest BCUT2D eigenvalue weighted by molar-refractivity contribution is 5.97. The van der Waals surface area contributed by atoms with E-state index in [-0.39, 0.29) is 5.91 Å². The molecule has 114 valence electrons. The van der Waals surface area contributed by atoms with Crippen molar-refractivity contribution in [3.05, 3.63) is 47.7 Å². The average Bonchev–Trinajstić information content (AvgIpc) is 2.61. The molecule has 1 amide bonds. The zero-order valence-corrected chi connectivity index (χ0v) is 12.9. The molecule has 1 aromatic carbocycles. The largest absolute Gasteiger partial charge is 0.386 e. The number of benzene rings is 1. The summed E-state index contributed by atoms with van der Waals surface area (Å²) in [5.41, 5.74) is 2.32. The molecule has 1 aliphatic heterocycles. The van der Waals surface area contributed by atoms with Crippen molar-refractivity contribution in [1.82, 2.24) is 4.98 Å². The van der Waals surface area contributed by atoms with E-state index in [1.54, 1.807) is 31.9 Å². The quantitative estimate of drug-likeness (QED) is 0.849. The number of hydrogen-bond acceptors (Lipinski definition) is 4. The number of nitrogens with one attached hydrogen (secondary N) is 1. The van der Waals surface area contributed by atoms with E-state index >= 15 is 0 Å². The third-order valence-electron chi connectivity index (χ3n) is 3.85. The molecule has 3 rings (SSSR count). The number of carbonyl (C=O) groups excluding carboxylic acids is 1. The van der Waals surface area contributed by atoms with Gasteiger partial charge in [0.05, 0.1) is 23.5 Å². The normalized spacial score (nSPS) is 13.7. The lowest BCUT2D eigenvalue weighted by atomic mass is 9.97. The van der Waals surface area contributed by atoms with Crippen LogP contribution < -0.4 is 10.2 Å². The molecular formula is C17H19N3O2. The molecule has 0 atom stereocenters. The maximum atomic E-state index is 12.1. The number of aliphatic hydroxyl groups is 1. The fraction of sp³-hybridized carbons (Fsp3) is 0.294. The smallest absolute Gasteiger partial charge is 0.224 e. The summed E-state index contributed by atoms with van der Waals surface area (Å²) in [6.07, 6.45) is 1.72. The minimum Gasteiger partial charge on any atom is -0.386 e. The van der Waals surface area contributed by atoms with Crippen molar-refractivity contribution in [1.29, 1.82) is 0 Å². The lowest BCUT2D eigenvalue weighted by Gasteiger charge is -2.24.